The van der Waals surface area contributed by atoms with E-state index in [1.165, 1.54) is 0 Å². The third kappa shape index (κ3) is 3.43. The van der Waals surface area contributed by atoms with Crippen LogP contribution in [0.15, 0.2) is 42.5 Å². The van der Waals surface area contributed by atoms with E-state index in [4.69, 9.17) is 23.2 Å². The van der Waals surface area contributed by atoms with Crippen LogP contribution in [0.3, 0.4) is 0 Å². The Balaban J connectivity index is 1.99. The first-order valence-corrected chi connectivity index (χ1v) is 10.7. The fourth-order valence-corrected chi connectivity index (χ4v) is 5.49. The molecule has 1 spiro atoms. The van der Waals surface area contributed by atoms with Gasteiger partial charge in [-0.1, -0.05) is 55.2 Å². The first kappa shape index (κ1) is 20.2. The summed E-state index contributed by atoms with van der Waals surface area (Å²) in [5.74, 6) is -0.121. The Morgan fingerprint density at radius 1 is 1.10 bits per heavy atom. The molecule has 2 aromatic carbocycles. The van der Waals surface area contributed by atoms with E-state index in [1.807, 2.05) is 36.4 Å². The van der Waals surface area contributed by atoms with E-state index in [9.17, 15) is 9.59 Å². The van der Waals surface area contributed by atoms with Crippen molar-refractivity contribution >= 4 is 40.7 Å². The monoisotopic (exact) mass is 430 g/mol. The van der Waals surface area contributed by atoms with Crippen LogP contribution in [-0.4, -0.2) is 18.4 Å². The number of carbonyl (C=O) groups excluding carboxylic acids is 2. The van der Waals surface area contributed by atoms with E-state index in [0.717, 1.165) is 23.2 Å². The molecule has 6 heteroatoms. The summed E-state index contributed by atoms with van der Waals surface area (Å²) in [5, 5.41) is 7.28. The van der Waals surface area contributed by atoms with Gasteiger partial charge in [-0.05, 0) is 53.6 Å². The van der Waals surface area contributed by atoms with E-state index in [0.29, 0.717) is 22.5 Å². The van der Waals surface area contributed by atoms with Gasteiger partial charge < -0.3 is 10.6 Å². The Bertz CT molecular complexity index is 975. The molecule has 2 aromatic rings. The smallest absolute Gasteiger partial charge is 0.236 e. The van der Waals surface area contributed by atoms with Gasteiger partial charge in [0.25, 0.3) is 0 Å². The van der Waals surface area contributed by atoms with Crippen molar-refractivity contribution in [2.45, 2.75) is 38.0 Å². The Morgan fingerprint density at radius 2 is 1.86 bits per heavy atom. The molecule has 2 N–H and O–H groups in total. The van der Waals surface area contributed by atoms with Crippen LogP contribution in [0, 0.1) is 11.8 Å². The molecule has 1 saturated heterocycles. The molecule has 2 aliphatic rings. The molecule has 0 aromatic heterocycles. The zero-order valence-corrected chi connectivity index (χ0v) is 18.0. The number of rotatable bonds is 3. The maximum absolute atomic E-state index is 13.7. The molecule has 1 fully saturated rings. The van der Waals surface area contributed by atoms with Crippen molar-refractivity contribution in [3.05, 3.63) is 63.6 Å². The second kappa shape index (κ2) is 7.66. The molecule has 0 saturated carbocycles. The van der Waals surface area contributed by atoms with Crippen LogP contribution in [0.2, 0.25) is 10.0 Å². The molecular weight excluding hydrogens is 407 g/mol. The number of fused-ring (bicyclic) bond motifs is 2. The summed E-state index contributed by atoms with van der Waals surface area (Å²) < 4.78 is 0. The molecule has 2 heterocycles. The summed E-state index contributed by atoms with van der Waals surface area (Å²) in [6.07, 6.45) is 1.04. The van der Waals surface area contributed by atoms with Gasteiger partial charge in [-0.3, -0.25) is 9.59 Å². The van der Waals surface area contributed by atoms with Crippen molar-refractivity contribution in [2.75, 3.05) is 11.9 Å². The average Bonchev–Trinajstić information content (AvgIpc) is 2.85. The quantitative estimate of drug-likeness (QED) is 0.706. The zero-order valence-electron chi connectivity index (χ0n) is 16.5. The van der Waals surface area contributed by atoms with E-state index in [-0.39, 0.29) is 30.1 Å². The Morgan fingerprint density at radius 3 is 2.59 bits per heavy atom. The van der Waals surface area contributed by atoms with E-state index < -0.39 is 5.41 Å². The number of amides is 2. The van der Waals surface area contributed by atoms with Gasteiger partial charge in [-0.15, -0.1) is 0 Å². The van der Waals surface area contributed by atoms with Gasteiger partial charge in [0.05, 0.1) is 5.41 Å². The van der Waals surface area contributed by atoms with Gasteiger partial charge in [0, 0.05) is 34.6 Å². The van der Waals surface area contributed by atoms with Gasteiger partial charge >= 0.3 is 0 Å². The second-order valence-electron chi connectivity index (χ2n) is 8.46. The van der Waals surface area contributed by atoms with Crippen molar-refractivity contribution in [2.24, 2.45) is 11.8 Å². The first-order chi connectivity index (χ1) is 13.8. The van der Waals surface area contributed by atoms with Crippen LogP contribution < -0.4 is 10.6 Å². The predicted molar refractivity (Wildman–Crippen MR) is 117 cm³/mol. The molecule has 0 aliphatic carbocycles. The minimum Gasteiger partial charge on any atom is -0.356 e. The molecule has 0 unspecified atom stereocenters. The van der Waals surface area contributed by atoms with Crippen molar-refractivity contribution in [1.29, 1.82) is 0 Å². The molecule has 152 valence electrons. The standard InChI is InChI=1S/C23H24Cl2N2O2/c1-13(2)8-15-12-26-21(28)11-19(14-4-3-5-16(24)9-14)23(15)18-7-6-17(25)10-20(18)27-22(23)29/h3-7,9-10,13,15,19H,8,11-12H2,1-2H3,(H,26,28)(H,27,29)/t15-,19+,23-/m1/s1. The number of carbonyl (C=O) groups is 2. The molecule has 4 nitrogen and oxygen atoms in total. The van der Waals surface area contributed by atoms with Crippen molar-refractivity contribution in [3.63, 3.8) is 0 Å². The fourth-order valence-electron chi connectivity index (χ4n) is 5.12. The Kier molecular flexibility index (Phi) is 5.34. The van der Waals surface area contributed by atoms with Gasteiger partial charge in [0.15, 0.2) is 0 Å². The van der Waals surface area contributed by atoms with Crippen LogP contribution in [0.25, 0.3) is 0 Å². The van der Waals surface area contributed by atoms with Crippen molar-refractivity contribution < 1.29 is 9.59 Å². The van der Waals surface area contributed by atoms with Crippen LogP contribution in [0.5, 0.6) is 0 Å². The summed E-state index contributed by atoms with van der Waals surface area (Å²) in [6.45, 7) is 4.75. The summed E-state index contributed by atoms with van der Waals surface area (Å²) in [4.78, 5) is 26.4. The van der Waals surface area contributed by atoms with E-state index in [1.54, 1.807) is 6.07 Å². The molecule has 3 atom stereocenters. The van der Waals surface area contributed by atoms with Crippen molar-refractivity contribution in [3.8, 4) is 0 Å². The second-order valence-corrected chi connectivity index (χ2v) is 9.33. The number of nitrogens with one attached hydrogen (secondary N) is 2. The van der Waals surface area contributed by atoms with E-state index >= 15 is 0 Å². The number of hydrogen-bond donors (Lipinski definition) is 2. The lowest BCUT2D eigenvalue weighted by molar-refractivity contribution is -0.124. The molecule has 29 heavy (non-hydrogen) atoms. The lowest BCUT2D eigenvalue weighted by Crippen LogP contribution is -2.48. The highest BCUT2D eigenvalue weighted by Gasteiger charge is 2.58. The van der Waals surface area contributed by atoms with Crippen LogP contribution in [-0.2, 0) is 15.0 Å². The first-order valence-electron chi connectivity index (χ1n) is 9.96. The lowest BCUT2D eigenvalue weighted by atomic mass is 9.59. The van der Waals surface area contributed by atoms with Crippen LogP contribution >= 0.6 is 23.2 Å². The number of halogens is 2. The highest BCUT2D eigenvalue weighted by Crippen LogP contribution is 2.55. The number of hydrogen-bond acceptors (Lipinski definition) is 2. The Hall–Kier alpha value is -2.04. The predicted octanol–water partition coefficient (Wildman–Crippen LogP) is 5.15. The van der Waals surface area contributed by atoms with Crippen molar-refractivity contribution in [1.82, 2.24) is 5.32 Å². The summed E-state index contributed by atoms with van der Waals surface area (Å²) in [7, 11) is 0. The average molecular weight is 431 g/mol. The normalized spacial score (nSPS) is 26.2. The summed E-state index contributed by atoms with van der Waals surface area (Å²) in [5.41, 5.74) is 1.69. The zero-order chi connectivity index (χ0) is 20.8. The summed E-state index contributed by atoms with van der Waals surface area (Å²) >= 11 is 12.5. The minimum atomic E-state index is -0.867. The lowest BCUT2D eigenvalue weighted by Gasteiger charge is -2.41. The van der Waals surface area contributed by atoms with Crippen LogP contribution in [0.1, 0.15) is 43.7 Å². The van der Waals surface area contributed by atoms with Gasteiger partial charge in [-0.25, -0.2) is 0 Å². The van der Waals surface area contributed by atoms with Crippen LogP contribution in [0.4, 0.5) is 5.69 Å². The largest absolute Gasteiger partial charge is 0.356 e. The third-order valence-electron chi connectivity index (χ3n) is 6.19. The highest BCUT2D eigenvalue weighted by atomic mass is 35.5. The van der Waals surface area contributed by atoms with E-state index in [2.05, 4.69) is 24.5 Å². The van der Waals surface area contributed by atoms with Gasteiger partial charge in [-0.2, -0.15) is 0 Å². The van der Waals surface area contributed by atoms with Gasteiger partial charge in [0.1, 0.15) is 0 Å². The molecule has 2 amide bonds. The maximum atomic E-state index is 13.7. The third-order valence-corrected chi connectivity index (χ3v) is 6.66. The topological polar surface area (TPSA) is 58.2 Å². The molecular formula is C23H24Cl2N2O2. The molecule has 0 bridgehead atoms. The Labute approximate surface area is 181 Å². The molecule has 0 radical (unpaired) electrons. The summed E-state index contributed by atoms with van der Waals surface area (Å²) in [6, 6.07) is 13.1. The fraction of sp³-hybridized carbons (Fsp3) is 0.391. The number of benzene rings is 2. The SMILES string of the molecule is CC(C)C[C@@H]1CNC(=O)C[C@@H](c2cccc(Cl)c2)[C@@]12C(=O)Nc1cc(Cl)ccc12. The maximum Gasteiger partial charge on any atom is 0.236 e. The molecule has 4 rings (SSSR count). The minimum absolute atomic E-state index is 0.0455. The molecule has 2 aliphatic heterocycles. The highest BCUT2D eigenvalue weighted by molar-refractivity contribution is 6.31. The number of anilines is 1. The van der Waals surface area contributed by atoms with Gasteiger partial charge in [0.2, 0.25) is 11.8 Å².